The highest BCUT2D eigenvalue weighted by Gasteiger charge is 2.28. The molecule has 2 atom stereocenters. The van der Waals surface area contributed by atoms with Crippen molar-refractivity contribution in [2.24, 2.45) is 5.92 Å². The topological polar surface area (TPSA) is 63.7 Å². The quantitative estimate of drug-likeness (QED) is 0.239. The van der Waals surface area contributed by atoms with Gasteiger partial charge in [-0.1, -0.05) is 32.8 Å². The lowest BCUT2D eigenvalue weighted by atomic mass is 10.0. The minimum atomic E-state index is -0.172. The number of methoxy groups -OCH3 is 1. The molecule has 0 spiro atoms. The highest BCUT2D eigenvalue weighted by atomic mass is 16.5. The van der Waals surface area contributed by atoms with E-state index in [1.54, 1.807) is 6.08 Å². The number of rotatable bonds is 11. The number of allylic oxidation sites excluding steroid dienone is 1. The summed E-state index contributed by atoms with van der Waals surface area (Å²) in [5.41, 5.74) is 0. The van der Waals surface area contributed by atoms with Crippen LogP contribution in [0.2, 0.25) is 0 Å². The van der Waals surface area contributed by atoms with Gasteiger partial charge in [-0.25, -0.2) is 0 Å². The first-order valence-electron chi connectivity index (χ1n) is 10.0. The number of unbranched alkanes of at least 4 members (excludes halogenated alkanes) is 3. The van der Waals surface area contributed by atoms with Crippen molar-refractivity contribution in [3.63, 3.8) is 0 Å². The largest absolute Gasteiger partial charge is 0.469 e. The molecule has 1 saturated heterocycles. The van der Waals surface area contributed by atoms with Gasteiger partial charge in [0.1, 0.15) is 0 Å². The van der Waals surface area contributed by atoms with Crippen LogP contribution in [0.25, 0.3) is 0 Å². The first-order chi connectivity index (χ1) is 13.0. The fraction of sp³-hybridized carbons (Fsp3) is 0.682. The molecule has 1 rings (SSSR count). The standard InChI is InChI=1S/C22H33NO4/c1-4-5-8-11-18(2)20(24)15-13-19-14-16-21(25)23(19)17-10-7-6-9-12-22(26)27-3/h13,15,18-19H,4,6-7,9-12,14,16-17H2,1-3H3/b15-13+. The fourth-order valence-electron chi connectivity index (χ4n) is 3.07. The zero-order chi connectivity index (χ0) is 20.1. The van der Waals surface area contributed by atoms with E-state index in [0.29, 0.717) is 25.8 Å². The lowest BCUT2D eigenvalue weighted by Gasteiger charge is -2.22. The molecule has 1 heterocycles. The van der Waals surface area contributed by atoms with Gasteiger partial charge < -0.3 is 9.64 Å². The van der Waals surface area contributed by atoms with Crippen LogP contribution in [0.1, 0.15) is 71.6 Å². The summed E-state index contributed by atoms with van der Waals surface area (Å²) in [6.45, 7) is 4.59. The smallest absolute Gasteiger partial charge is 0.305 e. The van der Waals surface area contributed by atoms with Crippen molar-refractivity contribution in [2.75, 3.05) is 13.7 Å². The highest BCUT2D eigenvalue weighted by Crippen LogP contribution is 2.21. The molecule has 2 unspecified atom stereocenters. The normalized spacial score (nSPS) is 17.7. The molecule has 0 saturated carbocycles. The molecule has 0 aromatic heterocycles. The lowest BCUT2D eigenvalue weighted by molar-refractivity contribution is -0.140. The van der Waals surface area contributed by atoms with Gasteiger partial charge in [0.15, 0.2) is 5.78 Å². The maximum Gasteiger partial charge on any atom is 0.305 e. The minimum Gasteiger partial charge on any atom is -0.469 e. The maximum absolute atomic E-state index is 12.2. The Kier molecular flexibility index (Phi) is 11.2. The minimum absolute atomic E-state index is 0.0189. The first kappa shape index (κ1) is 23.0. The Hall–Kier alpha value is -2.09. The van der Waals surface area contributed by atoms with E-state index in [2.05, 4.69) is 16.6 Å². The predicted molar refractivity (Wildman–Crippen MR) is 106 cm³/mol. The third kappa shape index (κ3) is 8.90. The second-order valence-corrected chi connectivity index (χ2v) is 7.01. The molecule has 150 valence electrons. The lowest BCUT2D eigenvalue weighted by Crippen LogP contribution is -2.32. The summed E-state index contributed by atoms with van der Waals surface area (Å²) in [6, 6.07) is 0.0189. The van der Waals surface area contributed by atoms with Crippen LogP contribution in [0.4, 0.5) is 0 Å². The highest BCUT2D eigenvalue weighted by molar-refractivity contribution is 5.92. The van der Waals surface area contributed by atoms with Crippen LogP contribution >= 0.6 is 0 Å². The molecule has 0 bridgehead atoms. The molecule has 5 nitrogen and oxygen atoms in total. The summed E-state index contributed by atoms with van der Waals surface area (Å²) in [7, 11) is 1.40. The fourth-order valence-corrected chi connectivity index (χ4v) is 3.07. The third-order valence-corrected chi connectivity index (χ3v) is 4.81. The van der Waals surface area contributed by atoms with Crippen LogP contribution in [0.5, 0.6) is 0 Å². The molecular weight excluding hydrogens is 342 g/mol. The van der Waals surface area contributed by atoms with E-state index < -0.39 is 0 Å². The van der Waals surface area contributed by atoms with Crippen molar-refractivity contribution < 1.29 is 19.1 Å². The molecule has 0 aliphatic carbocycles. The molecule has 1 aliphatic rings. The van der Waals surface area contributed by atoms with Gasteiger partial charge in [0.05, 0.1) is 13.2 Å². The summed E-state index contributed by atoms with van der Waals surface area (Å²) < 4.78 is 4.62. The summed E-state index contributed by atoms with van der Waals surface area (Å²) in [6.07, 6.45) is 10.3. The Bertz CT molecular complexity index is 585. The Morgan fingerprint density at radius 3 is 2.70 bits per heavy atom. The maximum atomic E-state index is 12.2. The number of hydrogen-bond acceptors (Lipinski definition) is 4. The van der Waals surface area contributed by atoms with Crippen LogP contribution < -0.4 is 0 Å². The number of carbonyl (C=O) groups excluding carboxylic acids is 3. The van der Waals surface area contributed by atoms with E-state index in [1.165, 1.54) is 7.11 Å². The number of likely N-dealkylation sites (tertiary alicyclic amines) is 1. The van der Waals surface area contributed by atoms with E-state index in [1.807, 2.05) is 24.8 Å². The van der Waals surface area contributed by atoms with Crippen LogP contribution in [0.15, 0.2) is 12.2 Å². The number of ketones is 1. The van der Waals surface area contributed by atoms with Crippen LogP contribution in [-0.2, 0) is 19.1 Å². The Balaban J connectivity index is 2.38. The van der Waals surface area contributed by atoms with Crippen LogP contribution in [-0.4, -0.2) is 42.3 Å². The number of carbonyl (C=O) groups is 3. The van der Waals surface area contributed by atoms with Crippen molar-refractivity contribution in [3.05, 3.63) is 12.2 Å². The van der Waals surface area contributed by atoms with Gasteiger partial charge in [-0.3, -0.25) is 14.4 Å². The molecule has 27 heavy (non-hydrogen) atoms. The Morgan fingerprint density at radius 1 is 1.26 bits per heavy atom. The number of amides is 1. The van der Waals surface area contributed by atoms with E-state index >= 15 is 0 Å². The molecule has 0 N–H and O–H groups in total. The number of esters is 1. The van der Waals surface area contributed by atoms with Crippen molar-refractivity contribution in [1.29, 1.82) is 0 Å². The third-order valence-electron chi connectivity index (χ3n) is 4.81. The van der Waals surface area contributed by atoms with Crippen molar-refractivity contribution in [3.8, 4) is 11.8 Å². The Labute approximate surface area is 163 Å². The monoisotopic (exact) mass is 375 g/mol. The molecular formula is C22H33NO4. The summed E-state index contributed by atoms with van der Waals surface area (Å²) in [5.74, 6) is 5.95. The average Bonchev–Trinajstić information content (AvgIpc) is 3.02. The van der Waals surface area contributed by atoms with Crippen molar-refractivity contribution in [2.45, 2.75) is 77.7 Å². The van der Waals surface area contributed by atoms with Gasteiger partial charge in [-0.2, -0.15) is 0 Å². The van der Waals surface area contributed by atoms with Crippen molar-refractivity contribution >= 4 is 17.7 Å². The number of ether oxygens (including phenoxy) is 1. The van der Waals surface area contributed by atoms with E-state index in [4.69, 9.17) is 0 Å². The summed E-state index contributed by atoms with van der Waals surface area (Å²) >= 11 is 0. The molecule has 1 fully saturated rings. The molecule has 0 aromatic rings. The van der Waals surface area contributed by atoms with Crippen LogP contribution in [0, 0.1) is 17.8 Å². The van der Waals surface area contributed by atoms with Crippen LogP contribution in [0.3, 0.4) is 0 Å². The van der Waals surface area contributed by atoms with Gasteiger partial charge in [0, 0.05) is 38.1 Å². The van der Waals surface area contributed by atoms with Gasteiger partial charge in [-0.05, 0) is 25.3 Å². The predicted octanol–water partition coefficient (Wildman–Crippen LogP) is 3.67. The second-order valence-electron chi connectivity index (χ2n) is 7.01. The average molecular weight is 376 g/mol. The zero-order valence-electron chi connectivity index (χ0n) is 17.0. The number of nitrogens with zero attached hydrogens (tertiary/aromatic N) is 1. The molecule has 5 heteroatoms. The van der Waals surface area contributed by atoms with Gasteiger partial charge in [0.2, 0.25) is 5.91 Å². The second kappa shape index (κ2) is 13.1. The molecule has 1 amide bonds. The summed E-state index contributed by atoms with van der Waals surface area (Å²) in [5, 5.41) is 0. The van der Waals surface area contributed by atoms with E-state index in [0.717, 1.165) is 38.5 Å². The van der Waals surface area contributed by atoms with E-state index in [9.17, 15) is 14.4 Å². The number of hydrogen-bond donors (Lipinski definition) is 0. The van der Waals surface area contributed by atoms with Gasteiger partial charge in [0.25, 0.3) is 0 Å². The Morgan fingerprint density at radius 2 is 2.00 bits per heavy atom. The SMILES string of the molecule is CCC#CCC(C)C(=O)/C=C/C1CCC(=O)N1CCCCCCC(=O)OC. The van der Waals surface area contributed by atoms with Gasteiger partial charge in [-0.15, -0.1) is 11.8 Å². The molecule has 0 radical (unpaired) electrons. The van der Waals surface area contributed by atoms with Crippen molar-refractivity contribution in [1.82, 2.24) is 4.90 Å². The van der Waals surface area contributed by atoms with Gasteiger partial charge >= 0.3 is 5.97 Å². The first-order valence-corrected chi connectivity index (χ1v) is 10.0. The molecule has 1 aliphatic heterocycles. The van der Waals surface area contributed by atoms with E-state index in [-0.39, 0.29) is 29.6 Å². The zero-order valence-corrected chi connectivity index (χ0v) is 17.0. The summed E-state index contributed by atoms with van der Waals surface area (Å²) in [4.78, 5) is 37.3. The molecule has 0 aromatic carbocycles.